The fraction of sp³-hybridized carbons (Fsp3) is 0.231. The van der Waals surface area contributed by atoms with Crippen LogP contribution in [-0.4, -0.2) is 23.6 Å². The first-order valence-corrected chi connectivity index (χ1v) is 8.17. The smallest absolute Gasteiger partial charge is 0.173 e. The van der Waals surface area contributed by atoms with Crippen molar-refractivity contribution in [2.75, 3.05) is 12.9 Å². The molecule has 0 atom stereocenters. The van der Waals surface area contributed by atoms with Crippen LogP contribution in [0.5, 0.6) is 5.75 Å². The molecule has 0 N–H and O–H groups in total. The van der Waals surface area contributed by atoms with Gasteiger partial charge in [-0.15, -0.1) is 11.3 Å². The number of halogens is 1. The molecule has 19 heavy (non-hydrogen) atoms. The van der Waals surface area contributed by atoms with Gasteiger partial charge in [-0.25, -0.2) is 4.98 Å². The minimum absolute atomic E-state index is 0.0845. The Balaban J connectivity index is 2.01. The number of thiazole rings is 1. The van der Waals surface area contributed by atoms with Gasteiger partial charge in [-0.05, 0) is 41.1 Å². The van der Waals surface area contributed by atoms with E-state index in [0.29, 0.717) is 11.3 Å². The second-order valence-electron chi connectivity index (χ2n) is 3.82. The fourth-order valence-electron chi connectivity index (χ4n) is 1.45. The lowest BCUT2D eigenvalue weighted by Gasteiger charge is -2.05. The highest BCUT2D eigenvalue weighted by Gasteiger charge is 2.10. The van der Waals surface area contributed by atoms with Crippen LogP contribution in [-0.2, 0) is 0 Å². The molecule has 100 valence electrons. The summed E-state index contributed by atoms with van der Waals surface area (Å²) in [5, 5.41) is 1.98. The zero-order chi connectivity index (χ0) is 13.8. The van der Waals surface area contributed by atoms with Gasteiger partial charge in [0.2, 0.25) is 0 Å². The summed E-state index contributed by atoms with van der Waals surface area (Å²) in [6, 6.07) is 5.35. The quantitative estimate of drug-likeness (QED) is 0.593. The number of aromatic nitrogens is 1. The number of carbonyl (C=O) groups excluding carboxylic acids is 1. The van der Waals surface area contributed by atoms with Gasteiger partial charge in [0.05, 0.1) is 17.3 Å². The topological polar surface area (TPSA) is 39.2 Å². The van der Waals surface area contributed by atoms with Crippen LogP contribution < -0.4 is 4.74 Å². The molecule has 0 unspecified atom stereocenters. The maximum Gasteiger partial charge on any atom is 0.173 e. The number of rotatable bonds is 5. The van der Waals surface area contributed by atoms with Crippen molar-refractivity contribution in [1.82, 2.24) is 4.98 Å². The zero-order valence-electron chi connectivity index (χ0n) is 10.5. The van der Waals surface area contributed by atoms with Crippen LogP contribution in [0.25, 0.3) is 0 Å². The number of aryl methyl sites for hydroxylation is 1. The summed E-state index contributed by atoms with van der Waals surface area (Å²) in [5.74, 6) is 1.20. The number of thioether (sulfide) groups is 1. The Morgan fingerprint density at radius 1 is 1.53 bits per heavy atom. The molecule has 1 heterocycles. The molecule has 0 aliphatic rings. The lowest BCUT2D eigenvalue weighted by molar-refractivity contribution is 0.102. The molecule has 6 heteroatoms. The van der Waals surface area contributed by atoms with Crippen LogP contribution in [0.3, 0.4) is 0 Å². The summed E-state index contributed by atoms with van der Waals surface area (Å²) in [7, 11) is 1.60. The minimum Gasteiger partial charge on any atom is -0.496 e. The molecule has 0 aliphatic heterocycles. The molecule has 0 radical (unpaired) electrons. The van der Waals surface area contributed by atoms with Crippen LogP contribution in [0.4, 0.5) is 0 Å². The molecule has 0 saturated carbocycles. The molecule has 0 fully saturated rings. The fourth-order valence-corrected chi connectivity index (χ4v) is 3.73. The zero-order valence-corrected chi connectivity index (χ0v) is 13.7. The second-order valence-corrected chi connectivity index (χ2v) is 6.75. The van der Waals surface area contributed by atoms with Crippen molar-refractivity contribution < 1.29 is 9.53 Å². The number of methoxy groups -OCH3 is 1. The van der Waals surface area contributed by atoms with Gasteiger partial charge >= 0.3 is 0 Å². The maximum absolute atomic E-state index is 12.1. The summed E-state index contributed by atoms with van der Waals surface area (Å²) in [5.41, 5.74) is 1.67. The highest BCUT2D eigenvalue weighted by atomic mass is 79.9. The first kappa shape index (κ1) is 14.6. The average molecular weight is 358 g/mol. The molecule has 0 bridgehead atoms. The highest BCUT2D eigenvalue weighted by molar-refractivity contribution is 9.10. The van der Waals surface area contributed by atoms with Crippen molar-refractivity contribution in [3.63, 3.8) is 0 Å². The number of hydrogen-bond donors (Lipinski definition) is 0. The van der Waals surface area contributed by atoms with Crippen molar-refractivity contribution in [1.29, 1.82) is 0 Å². The van der Waals surface area contributed by atoms with Crippen LogP contribution in [0.15, 0.2) is 32.4 Å². The van der Waals surface area contributed by atoms with E-state index in [2.05, 4.69) is 20.9 Å². The number of carbonyl (C=O) groups is 1. The van der Waals surface area contributed by atoms with E-state index in [1.807, 2.05) is 12.3 Å². The van der Waals surface area contributed by atoms with Gasteiger partial charge in [-0.3, -0.25) is 4.79 Å². The first-order chi connectivity index (χ1) is 9.10. The Hall–Kier alpha value is -0.850. The van der Waals surface area contributed by atoms with Crippen molar-refractivity contribution >= 4 is 44.8 Å². The van der Waals surface area contributed by atoms with Crippen molar-refractivity contribution in [2.45, 2.75) is 11.3 Å². The number of ketones is 1. The summed E-state index contributed by atoms with van der Waals surface area (Å²) in [6.07, 6.45) is 0. The maximum atomic E-state index is 12.1. The molecule has 0 aliphatic carbocycles. The Bertz CT molecular complexity index is 598. The largest absolute Gasteiger partial charge is 0.496 e. The third kappa shape index (κ3) is 3.81. The SMILES string of the molecule is COc1ccc(C(=O)CSc2nc(C)cs2)cc1Br. The van der Waals surface area contributed by atoms with E-state index in [4.69, 9.17) is 4.74 Å². The lowest BCUT2D eigenvalue weighted by atomic mass is 10.1. The minimum atomic E-state index is 0.0845. The molecule has 2 rings (SSSR count). The lowest BCUT2D eigenvalue weighted by Crippen LogP contribution is -2.02. The number of nitrogens with zero attached hydrogens (tertiary/aromatic N) is 1. The van der Waals surface area contributed by atoms with Crippen LogP contribution >= 0.6 is 39.0 Å². The molecule has 1 aromatic heterocycles. The average Bonchev–Trinajstić information content (AvgIpc) is 2.81. The standard InChI is InChI=1S/C13H12BrNO2S2/c1-8-6-18-13(15-8)19-7-11(16)9-3-4-12(17-2)10(14)5-9/h3-6H,7H2,1-2H3. The molecular weight excluding hydrogens is 346 g/mol. The molecule has 0 spiro atoms. The predicted molar refractivity (Wildman–Crippen MR) is 82.6 cm³/mol. The molecule has 0 amide bonds. The van der Waals surface area contributed by atoms with Crippen molar-refractivity contribution in [3.8, 4) is 5.75 Å². The summed E-state index contributed by atoms with van der Waals surface area (Å²) < 4.78 is 6.86. The summed E-state index contributed by atoms with van der Waals surface area (Å²) in [4.78, 5) is 16.4. The van der Waals surface area contributed by atoms with E-state index in [9.17, 15) is 4.79 Å². The van der Waals surface area contributed by atoms with E-state index < -0.39 is 0 Å². The second kappa shape index (κ2) is 6.54. The van der Waals surface area contributed by atoms with Crippen molar-refractivity contribution in [2.24, 2.45) is 0 Å². The molecule has 2 aromatic rings. The monoisotopic (exact) mass is 357 g/mol. The molecule has 3 nitrogen and oxygen atoms in total. The number of ether oxygens (including phenoxy) is 1. The van der Waals surface area contributed by atoms with Gasteiger partial charge in [-0.2, -0.15) is 0 Å². The van der Waals surface area contributed by atoms with Gasteiger partial charge in [-0.1, -0.05) is 11.8 Å². The van der Waals surface area contributed by atoms with E-state index in [0.717, 1.165) is 20.3 Å². The van der Waals surface area contributed by atoms with E-state index >= 15 is 0 Å². The van der Waals surface area contributed by atoms with Crippen LogP contribution in [0, 0.1) is 6.92 Å². The Labute approximate surface area is 128 Å². The molecule has 0 saturated heterocycles. The van der Waals surface area contributed by atoms with Crippen LogP contribution in [0.1, 0.15) is 16.1 Å². The van der Waals surface area contributed by atoms with Gasteiger partial charge in [0.15, 0.2) is 10.1 Å². The Morgan fingerprint density at radius 2 is 2.32 bits per heavy atom. The summed E-state index contributed by atoms with van der Waals surface area (Å²) >= 11 is 6.42. The van der Waals surface area contributed by atoms with Gasteiger partial charge in [0.1, 0.15) is 5.75 Å². The summed E-state index contributed by atoms with van der Waals surface area (Å²) in [6.45, 7) is 1.95. The number of hydrogen-bond acceptors (Lipinski definition) is 5. The van der Waals surface area contributed by atoms with E-state index in [-0.39, 0.29) is 5.78 Å². The van der Waals surface area contributed by atoms with E-state index in [1.165, 1.54) is 11.8 Å². The van der Waals surface area contributed by atoms with Crippen molar-refractivity contribution in [3.05, 3.63) is 39.3 Å². The number of benzene rings is 1. The Morgan fingerprint density at radius 3 is 2.89 bits per heavy atom. The molecular formula is C13H12BrNO2S2. The Kier molecular flexibility index (Phi) is 5.01. The van der Waals surface area contributed by atoms with Gasteiger partial charge in [0.25, 0.3) is 0 Å². The third-order valence-electron chi connectivity index (χ3n) is 2.40. The van der Waals surface area contributed by atoms with Gasteiger partial charge in [0, 0.05) is 16.6 Å². The third-order valence-corrected chi connectivity index (χ3v) is 5.16. The molecule has 1 aromatic carbocycles. The normalized spacial score (nSPS) is 10.5. The van der Waals surface area contributed by atoms with Gasteiger partial charge < -0.3 is 4.74 Å². The predicted octanol–water partition coefficient (Wildman–Crippen LogP) is 4.20. The van der Waals surface area contributed by atoms with Crippen LogP contribution in [0.2, 0.25) is 0 Å². The number of Topliss-reactive ketones (excluding diaryl/α,β-unsaturated/α-hetero) is 1. The highest BCUT2D eigenvalue weighted by Crippen LogP contribution is 2.27. The first-order valence-electron chi connectivity index (χ1n) is 5.52. The van der Waals surface area contributed by atoms with E-state index in [1.54, 1.807) is 36.6 Å².